The van der Waals surface area contributed by atoms with Gasteiger partial charge in [0.1, 0.15) is 42.0 Å². The molecule has 262 valence electrons. The Labute approximate surface area is 269 Å². The van der Waals surface area contributed by atoms with Gasteiger partial charge in [0.2, 0.25) is 35.4 Å². The SMILES string of the molecule is CNC(=O)[C@H](CC(C)C)NC(=O)CNC(=O)[C@H]1[C@@H](O)[C@H](O)[C@H](C(=O)NCC(=O)N[C@@H](CC(C)C)C(=O)NC)N1C(=O)OC(C)(C)C. The van der Waals surface area contributed by atoms with Crippen molar-refractivity contribution in [1.29, 1.82) is 0 Å². The van der Waals surface area contributed by atoms with Crippen LogP contribution in [0.3, 0.4) is 0 Å². The van der Waals surface area contributed by atoms with E-state index in [1.54, 1.807) is 0 Å². The molecule has 1 rings (SSSR count). The van der Waals surface area contributed by atoms with Gasteiger partial charge in [0.15, 0.2) is 0 Å². The van der Waals surface area contributed by atoms with Crippen LogP contribution in [0.25, 0.3) is 0 Å². The number of hydrogen-bond donors (Lipinski definition) is 8. The Bertz CT molecular complexity index is 1050. The van der Waals surface area contributed by atoms with E-state index in [1.165, 1.54) is 34.9 Å². The lowest BCUT2D eigenvalue weighted by molar-refractivity contribution is -0.134. The summed E-state index contributed by atoms with van der Waals surface area (Å²) in [6, 6.07) is -5.52. The Hall–Kier alpha value is -3.99. The van der Waals surface area contributed by atoms with Gasteiger partial charge in [0.25, 0.3) is 0 Å². The number of rotatable bonds is 14. The minimum Gasteiger partial charge on any atom is -0.444 e. The van der Waals surface area contributed by atoms with E-state index in [4.69, 9.17) is 4.74 Å². The van der Waals surface area contributed by atoms with Crippen LogP contribution in [0, 0.1) is 11.8 Å². The van der Waals surface area contributed by atoms with Crippen molar-refractivity contribution in [3.05, 3.63) is 0 Å². The highest BCUT2D eigenvalue weighted by atomic mass is 16.6. The second-order valence-corrected chi connectivity index (χ2v) is 12.9. The zero-order chi connectivity index (χ0) is 35.5. The largest absolute Gasteiger partial charge is 0.444 e. The molecule has 0 aromatic carbocycles. The molecule has 0 saturated carbocycles. The van der Waals surface area contributed by atoms with E-state index in [2.05, 4.69) is 31.9 Å². The molecule has 0 aromatic rings. The lowest BCUT2D eigenvalue weighted by atomic mass is 10.0. The van der Waals surface area contributed by atoms with Crippen molar-refractivity contribution in [2.75, 3.05) is 27.2 Å². The molecule has 1 heterocycles. The number of ether oxygens (including phenoxy) is 1. The minimum absolute atomic E-state index is 0.0566. The number of aliphatic hydroxyl groups is 2. The van der Waals surface area contributed by atoms with Crippen LogP contribution in [0.1, 0.15) is 61.3 Å². The third-order valence-corrected chi connectivity index (χ3v) is 6.79. The smallest absolute Gasteiger partial charge is 0.411 e. The third-order valence-electron chi connectivity index (χ3n) is 6.79. The maximum atomic E-state index is 13.3. The van der Waals surface area contributed by atoms with Crippen molar-refractivity contribution in [2.24, 2.45) is 11.8 Å². The first-order valence-corrected chi connectivity index (χ1v) is 15.2. The number of nitrogens with one attached hydrogen (secondary N) is 6. The molecule has 1 saturated heterocycles. The van der Waals surface area contributed by atoms with E-state index in [1.807, 2.05) is 27.7 Å². The molecule has 0 bridgehead atoms. The van der Waals surface area contributed by atoms with E-state index >= 15 is 0 Å². The van der Waals surface area contributed by atoms with Gasteiger partial charge in [-0.25, -0.2) is 4.79 Å². The van der Waals surface area contributed by atoms with Crippen LogP contribution in [-0.2, 0) is 33.5 Å². The molecule has 1 aliphatic heterocycles. The zero-order valence-electron chi connectivity index (χ0n) is 28.1. The first-order chi connectivity index (χ1) is 21.2. The van der Waals surface area contributed by atoms with E-state index in [0.29, 0.717) is 17.7 Å². The molecule has 7 amide bonds. The van der Waals surface area contributed by atoms with Crippen LogP contribution in [-0.4, -0.2) is 126 Å². The van der Waals surface area contributed by atoms with Crippen LogP contribution in [0.15, 0.2) is 0 Å². The topological polar surface area (TPSA) is 245 Å². The predicted molar refractivity (Wildman–Crippen MR) is 165 cm³/mol. The molecule has 46 heavy (non-hydrogen) atoms. The normalized spacial score (nSPS) is 20.8. The Morgan fingerprint density at radius 1 is 0.696 bits per heavy atom. The number of nitrogens with zero attached hydrogens (tertiary/aromatic N) is 1. The zero-order valence-corrected chi connectivity index (χ0v) is 28.1. The summed E-state index contributed by atoms with van der Waals surface area (Å²) in [5.74, 6) is -4.44. The summed E-state index contributed by atoms with van der Waals surface area (Å²) in [4.78, 5) is 89.8. The van der Waals surface area contributed by atoms with Gasteiger partial charge in [0, 0.05) is 14.1 Å². The van der Waals surface area contributed by atoms with Gasteiger partial charge in [0.05, 0.1) is 13.1 Å². The molecule has 17 nitrogen and oxygen atoms in total. The van der Waals surface area contributed by atoms with Gasteiger partial charge in [-0.2, -0.15) is 0 Å². The summed E-state index contributed by atoms with van der Waals surface area (Å²) >= 11 is 0. The number of likely N-dealkylation sites (tertiary alicyclic amines) is 1. The number of carbonyl (C=O) groups excluding carboxylic acids is 7. The van der Waals surface area contributed by atoms with Crippen molar-refractivity contribution in [1.82, 2.24) is 36.8 Å². The van der Waals surface area contributed by atoms with E-state index < -0.39 is 96.6 Å². The fraction of sp³-hybridized carbons (Fsp3) is 0.759. The molecule has 0 aromatic heterocycles. The van der Waals surface area contributed by atoms with Crippen LogP contribution in [0.5, 0.6) is 0 Å². The van der Waals surface area contributed by atoms with Crippen LogP contribution in [0.4, 0.5) is 4.79 Å². The van der Waals surface area contributed by atoms with Crippen LogP contribution in [0.2, 0.25) is 0 Å². The maximum Gasteiger partial charge on any atom is 0.411 e. The lowest BCUT2D eigenvalue weighted by Gasteiger charge is -2.31. The Morgan fingerprint density at radius 2 is 1.04 bits per heavy atom. The molecule has 0 aliphatic carbocycles. The number of aliphatic hydroxyl groups excluding tert-OH is 2. The second kappa shape index (κ2) is 17.6. The monoisotopic (exact) mass is 657 g/mol. The third kappa shape index (κ3) is 12.1. The second-order valence-electron chi connectivity index (χ2n) is 12.9. The van der Waals surface area contributed by atoms with Crippen molar-refractivity contribution in [3.8, 4) is 0 Å². The van der Waals surface area contributed by atoms with Gasteiger partial charge in [-0.3, -0.25) is 33.7 Å². The van der Waals surface area contributed by atoms with E-state index in [-0.39, 0.29) is 11.8 Å². The Morgan fingerprint density at radius 3 is 1.33 bits per heavy atom. The summed E-state index contributed by atoms with van der Waals surface area (Å²) in [7, 11) is 2.82. The highest BCUT2D eigenvalue weighted by Crippen LogP contribution is 2.28. The average molecular weight is 658 g/mol. The van der Waals surface area contributed by atoms with Crippen LogP contribution >= 0.6 is 0 Å². The minimum atomic E-state index is -2.00. The summed E-state index contributed by atoms with van der Waals surface area (Å²) in [6.45, 7) is 10.7. The molecule has 1 aliphatic rings. The van der Waals surface area contributed by atoms with Crippen LogP contribution < -0.4 is 31.9 Å². The molecular formula is C29H51N7O10. The first kappa shape index (κ1) is 40.0. The van der Waals surface area contributed by atoms with Gasteiger partial charge in [-0.1, -0.05) is 27.7 Å². The van der Waals surface area contributed by atoms with Crippen molar-refractivity contribution < 1.29 is 48.5 Å². The lowest BCUT2D eigenvalue weighted by Crippen LogP contribution is -2.58. The molecule has 8 N–H and O–H groups in total. The molecule has 17 heteroatoms. The molecule has 0 spiro atoms. The Balaban J connectivity index is 3.14. The molecule has 0 radical (unpaired) electrons. The van der Waals surface area contributed by atoms with Crippen molar-refractivity contribution in [2.45, 2.75) is 103 Å². The fourth-order valence-corrected chi connectivity index (χ4v) is 4.77. The van der Waals surface area contributed by atoms with E-state index in [9.17, 15) is 43.8 Å². The molecular weight excluding hydrogens is 606 g/mol. The van der Waals surface area contributed by atoms with Crippen molar-refractivity contribution in [3.63, 3.8) is 0 Å². The fourth-order valence-electron chi connectivity index (χ4n) is 4.77. The standard InChI is InChI=1S/C29H51N7O10/c1-14(2)10-16(24(41)30-8)34-18(37)12-32-26(43)20-22(39)23(40)21(36(20)28(45)46-29(5,6)7)27(44)33-13-19(38)35-17(11-15(3)4)25(42)31-9/h14-17,20-23,39-40H,10-13H2,1-9H3,(H,30,41)(H,31,42)(H,32,43)(H,33,44)(H,34,37)(H,35,38)/t16-,17-,20+,21+,22+,23+/m0/s1. The summed E-state index contributed by atoms with van der Waals surface area (Å²) < 4.78 is 5.34. The Kier molecular flexibility index (Phi) is 15.3. The number of amides is 7. The van der Waals surface area contributed by atoms with Gasteiger partial charge in [-0.05, 0) is 45.4 Å². The summed E-state index contributed by atoms with van der Waals surface area (Å²) in [5.41, 5.74) is -1.12. The average Bonchev–Trinajstić information content (AvgIpc) is 3.21. The van der Waals surface area contributed by atoms with Crippen molar-refractivity contribution >= 4 is 41.5 Å². The number of hydrogen-bond acceptors (Lipinski definition) is 10. The highest BCUT2D eigenvalue weighted by Gasteiger charge is 2.57. The molecule has 0 unspecified atom stereocenters. The van der Waals surface area contributed by atoms with Gasteiger partial charge in [-0.15, -0.1) is 0 Å². The number of carbonyl (C=O) groups is 7. The first-order valence-electron chi connectivity index (χ1n) is 15.2. The summed E-state index contributed by atoms with van der Waals surface area (Å²) in [5, 5.41) is 36.1. The molecule has 6 atom stereocenters. The molecule has 1 fully saturated rings. The van der Waals surface area contributed by atoms with Gasteiger partial charge < -0.3 is 46.9 Å². The van der Waals surface area contributed by atoms with E-state index in [0.717, 1.165) is 0 Å². The summed E-state index contributed by atoms with van der Waals surface area (Å²) in [6.07, 6.45) is -4.59. The predicted octanol–water partition coefficient (Wildman–Crippen LogP) is -2.52. The maximum absolute atomic E-state index is 13.3. The highest BCUT2D eigenvalue weighted by molar-refractivity contribution is 5.97. The quantitative estimate of drug-likeness (QED) is 0.0974. The van der Waals surface area contributed by atoms with Gasteiger partial charge >= 0.3 is 6.09 Å². The number of likely N-dealkylation sites (N-methyl/N-ethyl adjacent to an activating group) is 2.